The molecule has 0 aliphatic heterocycles. The minimum Gasteiger partial charge on any atom is -0.0622 e. The molecule has 0 unspecified atom stereocenters. The molecule has 0 aliphatic rings. The second-order valence-electron chi connectivity index (χ2n) is 5.38. The van der Waals surface area contributed by atoms with E-state index in [0.29, 0.717) is 0 Å². The predicted octanol–water partition coefficient (Wildman–Crippen LogP) is 7.55. The molecule has 0 aromatic heterocycles. The van der Waals surface area contributed by atoms with E-state index >= 15 is 0 Å². The van der Waals surface area contributed by atoms with Crippen LogP contribution in [0, 0.1) is 0 Å². The molecule has 0 saturated carbocycles. The molecule has 3 rings (SSSR count). The first-order valence-electron chi connectivity index (χ1n) is 7.68. The van der Waals surface area contributed by atoms with Crippen LogP contribution in [0.2, 0.25) is 0 Å². The first-order chi connectivity index (χ1) is 11.7. The van der Waals surface area contributed by atoms with Crippen molar-refractivity contribution in [3.05, 3.63) is 104 Å². The molecule has 0 amide bonds. The standard InChI is InChI=1S/C22H16Br2/c23-21-16-20(14-12-18-9-5-2-6-10-18)22(24)15-19(21)13-11-17-7-3-1-4-8-17/h1-16H/b13-11+,14-12+. The summed E-state index contributed by atoms with van der Waals surface area (Å²) in [5.74, 6) is 0. The van der Waals surface area contributed by atoms with E-state index in [-0.39, 0.29) is 0 Å². The number of hydrogen-bond donors (Lipinski definition) is 0. The summed E-state index contributed by atoms with van der Waals surface area (Å²) in [6.45, 7) is 0. The van der Waals surface area contributed by atoms with Crippen molar-refractivity contribution in [2.45, 2.75) is 0 Å². The Balaban J connectivity index is 1.83. The minimum absolute atomic E-state index is 1.07. The molecule has 3 aromatic carbocycles. The van der Waals surface area contributed by atoms with Gasteiger partial charge < -0.3 is 0 Å². The van der Waals surface area contributed by atoms with Gasteiger partial charge in [-0.05, 0) is 34.4 Å². The van der Waals surface area contributed by atoms with Crippen LogP contribution in [0.5, 0.6) is 0 Å². The number of benzene rings is 3. The van der Waals surface area contributed by atoms with Crippen LogP contribution < -0.4 is 0 Å². The molecule has 0 aliphatic carbocycles. The van der Waals surface area contributed by atoms with Crippen molar-refractivity contribution in [2.24, 2.45) is 0 Å². The summed E-state index contributed by atoms with van der Waals surface area (Å²) >= 11 is 7.35. The van der Waals surface area contributed by atoms with E-state index < -0.39 is 0 Å². The molecule has 0 spiro atoms. The monoisotopic (exact) mass is 438 g/mol. The molecular weight excluding hydrogens is 424 g/mol. The fourth-order valence-corrected chi connectivity index (χ4v) is 3.32. The van der Waals surface area contributed by atoms with Gasteiger partial charge in [0.1, 0.15) is 0 Å². The van der Waals surface area contributed by atoms with Crippen LogP contribution in [0.4, 0.5) is 0 Å². The molecule has 0 bridgehead atoms. The predicted molar refractivity (Wildman–Crippen MR) is 113 cm³/mol. The summed E-state index contributed by atoms with van der Waals surface area (Å²) in [6.07, 6.45) is 8.47. The Morgan fingerprint density at radius 3 is 1.25 bits per heavy atom. The molecule has 0 fully saturated rings. The van der Waals surface area contributed by atoms with Crippen molar-refractivity contribution in [3.8, 4) is 0 Å². The van der Waals surface area contributed by atoms with Gasteiger partial charge in [-0.15, -0.1) is 0 Å². The van der Waals surface area contributed by atoms with Crippen molar-refractivity contribution >= 4 is 56.2 Å². The van der Waals surface area contributed by atoms with Crippen molar-refractivity contribution < 1.29 is 0 Å². The second kappa shape index (κ2) is 8.27. The molecule has 2 heteroatoms. The highest BCUT2D eigenvalue weighted by molar-refractivity contribution is 9.11. The third kappa shape index (κ3) is 4.56. The normalized spacial score (nSPS) is 11.4. The molecule has 0 atom stereocenters. The van der Waals surface area contributed by atoms with Gasteiger partial charge in [0.25, 0.3) is 0 Å². The van der Waals surface area contributed by atoms with E-state index in [9.17, 15) is 0 Å². The maximum atomic E-state index is 3.68. The van der Waals surface area contributed by atoms with Crippen LogP contribution >= 0.6 is 31.9 Å². The summed E-state index contributed by atoms with van der Waals surface area (Å²) in [6, 6.07) is 24.9. The lowest BCUT2D eigenvalue weighted by atomic mass is 10.1. The Kier molecular flexibility index (Phi) is 5.84. The van der Waals surface area contributed by atoms with Crippen molar-refractivity contribution in [1.82, 2.24) is 0 Å². The summed E-state index contributed by atoms with van der Waals surface area (Å²) in [5, 5.41) is 0. The van der Waals surface area contributed by atoms with Gasteiger partial charge in [0.05, 0.1) is 0 Å². The fourth-order valence-electron chi connectivity index (χ4n) is 2.33. The van der Waals surface area contributed by atoms with Crippen LogP contribution in [0.25, 0.3) is 24.3 Å². The largest absolute Gasteiger partial charge is 0.0622 e. The zero-order valence-electron chi connectivity index (χ0n) is 13.0. The number of rotatable bonds is 4. The average molecular weight is 440 g/mol. The van der Waals surface area contributed by atoms with E-state index in [1.165, 1.54) is 11.1 Å². The van der Waals surface area contributed by atoms with Crippen molar-refractivity contribution in [2.75, 3.05) is 0 Å². The van der Waals surface area contributed by atoms with Gasteiger partial charge in [0.2, 0.25) is 0 Å². The Labute approximate surface area is 159 Å². The average Bonchev–Trinajstić information content (AvgIpc) is 2.62. The van der Waals surface area contributed by atoms with E-state index in [1.807, 2.05) is 36.4 Å². The van der Waals surface area contributed by atoms with Gasteiger partial charge >= 0.3 is 0 Å². The summed E-state index contributed by atoms with van der Waals surface area (Å²) in [4.78, 5) is 0. The highest BCUT2D eigenvalue weighted by Gasteiger charge is 2.03. The zero-order chi connectivity index (χ0) is 16.8. The van der Waals surface area contributed by atoms with Gasteiger partial charge in [0, 0.05) is 8.95 Å². The Bertz CT molecular complexity index is 788. The zero-order valence-corrected chi connectivity index (χ0v) is 16.2. The molecule has 0 heterocycles. The first kappa shape index (κ1) is 16.9. The Hall–Kier alpha value is -1.90. The maximum absolute atomic E-state index is 3.68. The van der Waals surface area contributed by atoms with Gasteiger partial charge in [-0.2, -0.15) is 0 Å². The molecule has 3 aromatic rings. The first-order valence-corrected chi connectivity index (χ1v) is 9.26. The molecule has 0 saturated heterocycles. The highest BCUT2D eigenvalue weighted by Crippen LogP contribution is 2.29. The van der Waals surface area contributed by atoms with Crippen LogP contribution in [0.15, 0.2) is 81.7 Å². The quantitative estimate of drug-likeness (QED) is 0.368. The smallest absolute Gasteiger partial charge is 0.0254 e. The SMILES string of the molecule is Brc1cc(/C=C/c2ccccc2)c(Br)cc1/C=C/c1ccccc1. The molecule has 0 N–H and O–H groups in total. The van der Waals surface area contributed by atoms with Crippen LogP contribution in [-0.2, 0) is 0 Å². The van der Waals surface area contributed by atoms with Crippen molar-refractivity contribution in [1.29, 1.82) is 0 Å². The molecule has 118 valence electrons. The topological polar surface area (TPSA) is 0 Å². The molecule has 24 heavy (non-hydrogen) atoms. The van der Waals surface area contributed by atoms with Crippen LogP contribution in [0.1, 0.15) is 22.3 Å². The molecular formula is C22H16Br2. The maximum Gasteiger partial charge on any atom is 0.0254 e. The highest BCUT2D eigenvalue weighted by atomic mass is 79.9. The Morgan fingerprint density at radius 1 is 0.500 bits per heavy atom. The lowest BCUT2D eigenvalue weighted by molar-refractivity contribution is 1.53. The van der Waals surface area contributed by atoms with Crippen LogP contribution in [-0.4, -0.2) is 0 Å². The molecule has 0 radical (unpaired) electrons. The van der Waals surface area contributed by atoms with Gasteiger partial charge in [0.15, 0.2) is 0 Å². The molecule has 0 nitrogen and oxygen atoms in total. The second-order valence-corrected chi connectivity index (χ2v) is 7.09. The lowest BCUT2D eigenvalue weighted by Crippen LogP contribution is -1.82. The number of halogens is 2. The van der Waals surface area contributed by atoms with E-state index in [4.69, 9.17) is 0 Å². The Morgan fingerprint density at radius 2 is 0.875 bits per heavy atom. The van der Waals surface area contributed by atoms with Gasteiger partial charge in [-0.25, -0.2) is 0 Å². The summed E-state index contributed by atoms with van der Waals surface area (Å²) in [5.41, 5.74) is 4.66. The van der Waals surface area contributed by atoms with Gasteiger partial charge in [-0.3, -0.25) is 0 Å². The third-order valence-corrected chi connectivity index (χ3v) is 5.00. The fraction of sp³-hybridized carbons (Fsp3) is 0. The number of hydrogen-bond acceptors (Lipinski definition) is 0. The summed E-state index contributed by atoms with van der Waals surface area (Å²) < 4.78 is 2.15. The van der Waals surface area contributed by atoms with E-state index in [1.54, 1.807) is 0 Å². The van der Waals surface area contributed by atoms with Gasteiger partial charge in [-0.1, -0.05) is 117 Å². The lowest BCUT2D eigenvalue weighted by Gasteiger charge is -2.05. The van der Waals surface area contributed by atoms with Crippen molar-refractivity contribution in [3.63, 3.8) is 0 Å². The van der Waals surface area contributed by atoms with E-state index in [0.717, 1.165) is 20.1 Å². The van der Waals surface area contributed by atoms with Crippen LogP contribution in [0.3, 0.4) is 0 Å². The third-order valence-electron chi connectivity index (χ3n) is 3.63. The summed E-state index contributed by atoms with van der Waals surface area (Å²) in [7, 11) is 0. The minimum atomic E-state index is 1.07. The van der Waals surface area contributed by atoms with E-state index in [2.05, 4.69) is 92.6 Å².